The van der Waals surface area contributed by atoms with Crippen molar-refractivity contribution in [2.75, 3.05) is 4.90 Å². The number of rotatable bonds is 3. The van der Waals surface area contributed by atoms with Gasteiger partial charge in [0.25, 0.3) is 11.7 Å². The molecule has 4 nitrogen and oxygen atoms in total. The van der Waals surface area contributed by atoms with Crippen LogP contribution < -0.4 is 4.90 Å². The minimum absolute atomic E-state index is 0.0182. The molecule has 3 aromatic carbocycles. The number of halogens is 3. The summed E-state index contributed by atoms with van der Waals surface area (Å²) in [5.74, 6) is -3.61. The molecular formula is C23H14ClF2NO3. The van der Waals surface area contributed by atoms with E-state index in [-0.39, 0.29) is 22.4 Å². The SMILES string of the molecule is O=C1C(=O)N(c2ccc(F)cc2)C(c2ccccc2F)/C1=C(/O)c1cccc(Cl)c1. The maximum absolute atomic E-state index is 14.7. The predicted octanol–water partition coefficient (Wildman–Crippen LogP) is 5.24. The number of hydrogen-bond acceptors (Lipinski definition) is 3. The van der Waals surface area contributed by atoms with Crippen molar-refractivity contribution in [2.24, 2.45) is 0 Å². The Balaban J connectivity index is 1.98. The van der Waals surface area contributed by atoms with Crippen LogP contribution in [0.4, 0.5) is 14.5 Å². The zero-order valence-electron chi connectivity index (χ0n) is 15.4. The minimum Gasteiger partial charge on any atom is -0.507 e. The van der Waals surface area contributed by atoms with Gasteiger partial charge < -0.3 is 5.11 Å². The first kappa shape index (κ1) is 19.8. The average molecular weight is 426 g/mol. The van der Waals surface area contributed by atoms with Crippen molar-refractivity contribution in [3.05, 3.63) is 106 Å². The summed E-state index contributed by atoms with van der Waals surface area (Å²) in [5.41, 5.74) is 0.138. The van der Waals surface area contributed by atoms with Crippen LogP contribution in [-0.4, -0.2) is 16.8 Å². The molecule has 1 aliphatic rings. The van der Waals surface area contributed by atoms with Crippen LogP contribution in [0.5, 0.6) is 0 Å². The molecule has 0 saturated carbocycles. The van der Waals surface area contributed by atoms with E-state index in [0.717, 1.165) is 17.0 Å². The van der Waals surface area contributed by atoms with Crippen LogP contribution in [-0.2, 0) is 9.59 Å². The van der Waals surface area contributed by atoms with E-state index in [0.29, 0.717) is 5.02 Å². The number of anilines is 1. The van der Waals surface area contributed by atoms with Crippen molar-refractivity contribution < 1.29 is 23.5 Å². The third kappa shape index (κ3) is 3.35. The van der Waals surface area contributed by atoms with Gasteiger partial charge in [0.15, 0.2) is 0 Å². The van der Waals surface area contributed by atoms with Crippen molar-refractivity contribution in [1.82, 2.24) is 0 Å². The standard InChI is InChI=1S/C23H14ClF2NO3/c24-14-5-3-4-13(12-14)21(28)19-20(17-6-1-2-7-18(17)26)27(23(30)22(19)29)16-10-8-15(25)9-11-16/h1-12,20,28H/b21-19-. The second kappa shape index (κ2) is 7.72. The number of amides is 1. The topological polar surface area (TPSA) is 57.6 Å². The lowest BCUT2D eigenvalue weighted by atomic mass is 9.94. The fourth-order valence-corrected chi connectivity index (χ4v) is 3.67. The Morgan fingerprint density at radius 2 is 1.63 bits per heavy atom. The second-order valence-corrected chi connectivity index (χ2v) is 7.11. The van der Waals surface area contributed by atoms with Gasteiger partial charge in [-0.15, -0.1) is 0 Å². The molecule has 150 valence electrons. The van der Waals surface area contributed by atoms with Gasteiger partial charge in [0.2, 0.25) is 0 Å². The summed E-state index contributed by atoms with van der Waals surface area (Å²) < 4.78 is 28.1. The molecule has 30 heavy (non-hydrogen) atoms. The maximum atomic E-state index is 14.7. The van der Waals surface area contributed by atoms with E-state index >= 15 is 0 Å². The zero-order valence-corrected chi connectivity index (χ0v) is 16.1. The summed E-state index contributed by atoms with van der Waals surface area (Å²) in [7, 11) is 0. The first-order valence-corrected chi connectivity index (χ1v) is 9.33. The van der Waals surface area contributed by atoms with Crippen molar-refractivity contribution in [3.63, 3.8) is 0 Å². The highest BCUT2D eigenvalue weighted by Gasteiger charge is 2.47. The molecule has 1 heterocycles. The van der Waals surface area contributed by atoms with Gasteiger partial charge >= 0.3 is 0 Å². The first-order valence-electron chi connectivity index (χ1n) is 8.95. The minimum atomic E-state index is -1.24. The molecule has 1 saturated heterocycles. The Morgan fingerprint density at radius 1 is 0.933 bits per heavy atom. The van der Waals surface area contributed by atoms with Crippen LogP contribution in [0.2, 0.25) is 5.02 Å². The third-order valence-electron chi connectivity index (χ3n) is 4.85. The summed E-state index contributed by atoms with van der Waals surface area (Å²) >= 11 is 5.99. The molecule has 0 aromatic heterocycles. The van der Waals surface area contributed by atoms with E-state index in [1.807, 2.05) is 0 Å². The smallest absolute Gasteiger partial charge is 0.300 e. The van der Waals surface area contributed by atoms with E-state index in [1.54, 1.807) is 18.2 Å². The number of ketones is 1. The number of aliphatic hydroxyl groups is 1. The molecule has 3 aromatic rings. The molecule has 0 spiro atoms. The van der Waals surface area contributed by atoms with Crippen molar-refractivity contribution >= 4 is 34.7 Å². The van der Waals surface area contributed by atoms with Crippen molar-refractivity contribution in [2.45, 2.75) is 6.04 Å². The van der Waals surface area contributed by atoms with Gasteiger partial charge in [-0.1, -0.05) is 41.9 Å². The van der Waals surface area contributed by atoms with Gasteiger partial charge in [0.1, 0.15) is 17.4 Å². The Morgan fingerprint density at radius 3 is 2.30 bits per heavy atom. The third-order valence-corrected chi connectivity index (χ3v) is 5.08. The van der Waals surface area contributed by atoms with Crippen LogP contribution in [0.15, 0.2) is 78.4 Å². The van der Waals surface area contributed by atoms with E-state index in [1.165, 1.54) is 42.5 Å². The highest BCUT2D eigenvalue weighted by molar-refractivity contribution is 6.51. The quantitative estimate of drug-likeness (QED) is 0.354. The zero-order chi connectivity index (χ0) is 21.4. The second-order valence-electron chi connectivity index (χ2n) is 6.68. The molecule has 1 N–H and O–H groups in total. The highest BCUT2D eigenvalue weighted by Crippen LogP contribution is 2.43. The Hall–Kier alpha value is -3.51. The summed E-state index contributed by atoms with van der Waals surface area (Å²) in [6, 6.07) is 15.4. The lowest BCUT2D eigenvalue weighted by Gasteiger charge is -2.25. The first-order chi connectivity index (χ1) is 14.4. The summed E-state index contributed by atoms with van der Waals surface area (Å²) in [6.45, 7) is 0. The molecule has 1 unspecified atom stereocenters. The Bertz CT molecular complexity index is 1190. The molecule has 0 bridgehead atoms. The van der Waals surface area contributed by atoms with Gasteiger partial charge in [-0.3, -0.25) is 14.5 Å². The van der Waals surface area contributed by atoms with Gasteiger partial charge in [-0.05, 0) is 42.5 Å². The van der Waals surface area contributed by atoms with E-state index < -0.39 is 35.1 Å². The summed E-state index contributed by atoms with van der Waals surface area (Å²) in [6.07, 6.45) is 0. The van der Waals surface area contributed by atoms with Gasteiger partial charge in [-0.25, -0.2) is 8.78 Å². The number of benzene rings is 3. The van der Waals surface area contributed by atoms with E-state index in [9.17, 15) is 23.5 Å². The van der Waals surface area contributed by atoms with Gasteiger partial charge in [0, 0.05) is 21.8 Å². The average Bonchev–Trinajstić information content (AvgIpc) is 2.99. The van der Waals surface area contributed by atoms with Gasteiger partial charge in [-0.2, -0.15) is 0 Å². The van der Waals surface area contributed by atoms with Crippen molar-refractivity contribution in [1.29, 1.82) is 0 Å². The van der Waals surface area contributed by atoms with Crippen LogP contribution >= 0.6 is 11.6 Å². The largest absolute Gasteiger partial charge is 0.507 e. The van der Waals surface area contributed by atoms with Crippen LogP contribution in [0.3, 0.4) is 0 Å². The molecule has 7 heteroatoms. The lowest BCUT2D eigenvalue weighted by molar-refractivity contribution is -0.132. The molecule has 1 atom stereocenters. The number of carbonyl (C=O) groups excluding carboxylic acids is 2. The normalized spacial score (nSPS) is 18.1. The number of Topliss-reactive ketones (excluding diaryl/α,β-unsaturated/α-hetero) is 1. The Labute approximate surface area is 175 Å². The summed E-state index contributed by atoms with van der Waals surface area (Å²) in [5, 5.41) is 11.2. The molecule has 4 rings (SSSR count). The predicted molar refractivity (Wildman–Crippen MR) is 109 cm³/mol. The molecule has 0 radical (unpaired) electrons. The van der Waals surface area contributed by atoms with Crippen LogP contribution in [0.25, 0.3) is 5.76 Å². The number of nitrogens with zero attached hydrogens (tertiary/aromatic N) is 1. The Kier molecular flexibility index (Phi) is 5.10. The molecule has 1 fully saturated rings. The van der Waals surface area contributed by atoms with Gasteiger partial charge in [0.05, 0.1) is 11.6 Å². The molecule has 0 aliphatic carbocycles. The molecular weight excluding hydrogens is 412 g/mol. The van der Waals surface area contributed by atoms with E-state index in [4.69, 9.17) is 11.6 Å². The fraction of sp³-hybridized carbons (Fsp3) is 0.0435. The fourth-order valence-electron chi connectivity index (χ4n) is 3.48. The molecule has 1 amide bonds. The lowest BCUT2D eigenvalue weighted by Crippen LogP contribution is -2.29. The van der Waals surface area contributed by atoms with Crippen LogP contribution in [0.1, 0.15) is 17.2 Å². The molecule has 1 aliphatic heterocycles. The van der Waals surface area contributed by atoms with Crippen molar-refractivity contribution in [3.8, 4) is 0 Å². The highest BCUT2D eigenvalue weighted by atomic mass is 35.5. The monoisotopic (exact) mass is 425 g/mol. The number of carbonyl (C=O) groups is 2. The number of hydrogen-bond donors (Lipinski definition) is 1. The maximum Gasteiger partial charge on any atom is 0.300 e. The van der Waals surface area contributed by atoms with Crippen LogP contribution in [0, 0.1) is 11.6 Å². The number of aliphatic hydroxyl groups excluding tert-OH is 1. The van der Waals surface area contributed by atoms with E-state index in [2.05, 4.69) is 0 Å². The summed E-state index contributed by atoms with van der Waals surface area (Å²) in [4.78, 5) is 26.9.